The van der Waals surface area contributed by atoms with Crippen molar-refractivity contribution in [3.63, 3.8) is 0 Å². The third-order valence-electron chi connectivity index (χ3n) is 8.62. The van der Waals surface area contributed by atoms with Crippen LogP contribution < -0.4 is 9.64 Å². The maximum atomic E-state index is 15.8. The Labute approximate surface area is 265 Å². The first-order chi connectivity index (χ1) is 20.5. The average molecular weight is 594 g/mol. The van der Waals surface area contributed by atoms with Crippen molar-refractivity contribution >= 4 is 62.0 Å². The molecule has 2 aromatic rings. The summed E-state index contributed by atoms with van der Waals surface area (Å²) in [6, 6.07) is -0.756. The zero-order valence-corrected chi connectivity index (χ0v) is 26.0. The maximum Gasteiger partial charge on any atom is 0.410 e. The van der Waals surface area contributed by atoms with E-state index in [0.29, 0.717) is 24.2 Å². The Morgan fingerprint density at radius 2 is 1.75 bits per heavy atom. The van der Waals surface area contributed by atoms with E-state index >= 15 is 4.39 Å². The van der Waals surface area contributed by atoms with Crippen molar-refractivity contribution in [2.75, 3.05) is 44.2 Å². The highest BCUT2D eigenvalue weighted by atomic mass is 19.1. The molecule has 5 heterocycles. The molecular formula is C28H36B5FN6O4. The van der Waals surface area contributed by atoms with Crippen LogP contribution in [0.3, 0.4) is 0 Å². The summed E-state index contributed by atoms with van der Waals surface area (Å²) in [5.74, 6) is -0.235. The number of halogens is 1. The second-order valence-electron chi connectivity index (χ2n) is 13.0. The summed E-state index contributed by atoms with van der Waals surface area (Å²) < 4.78 is 33.1. The van der Waals surface area contributed by atoms with Gasteiger partial charge in [-0.05, 0) is 71.3 Å². The number of carbonyl (C=O) groups is 1. The number of hydrogen-bond donors (Lipinski definition) is 0. The summed E-state index contributed by atoms with van der Waals surface area (Å²) in [6.45, 7) is 9.52. The van der Waals surface area contributed by atoms with E-state index in [-0.39, 0.29) is 36.9 Å². The van der Waals surface area contributed by atoms with Crippen LogP contribution in [0, 0.1) is 5.82 Å². The molecule has 3 saturated heterocycles. The number of pyridine rings is 1. The van der Waals surface area contributed by atoms with E-state index in [2.05, 4.69) is 14.9 Å². The van der Waals surface area contributed by atoms with E-state index in [1.807, 2.05) is 11.8 Å². The Bertz CT molecular complexity index is 1380. The molecule has 0 N–H and O–H groups in total. The molecule has 0 bridgehead atoms. The monoisotopic (exact) mass is 594 g/mol. The molecule has 0 aromatic carbocycles. The van der Waals surface area contributed by atoms with E-state index in [0.717, 1.165) is 38.8 Å². The van der Waals surface area contributed by atoms with Gasteiger partial charge in [0.15, 0.2) is 5.82 Å². The lowest BCUT2D eigenvalue weighted by Crippen LogP contribution is -2.63. The molecule has 0 saturated carbocycles. The molecular weight excluding hydrogens is 557 g/mol. The fourth-order valence-electron chi connectivity index (χ4n) is 6.57. The van der Waals surface area contributed by atoms with Crippen LogP contribution in [-0.2, 0) is 15.9 Å². The molecule has 3 aliphatic rings. The maximum absolute atomic E-state index is 15.8. The van der Waals surface area contributed by atoms with Gasteiger partial charge in [0, 0.05) is 36.8 Å². The molecule has 44 heavy (non-hydrogen) atoms. The van der Waals surface area contributed by atoms with Crippen LogP contribution in [0.5, 0.6) is 6.01 Å². The molecule has 2 aromatic heterocycles. The van der Waals surface area contributed by atoms with Crippen molar-refractivity contribution in [2.24, 2.45) is 0 Å². The van der Waals surface area contributed by atoms with E-state index in [1.165, 1.54) is 4.90 Å². The minimum atomic E-state index is -1.92. The molecule has 10 nitrogen and oxygen atoms in total. The highest BCUT2D eigenvalue weighted by Gasteiger charge is 2.54. The van der Waals surface area contributed by atoms with Crippen LogP contribution in [0.1, 0.15) is 59.1 Å². The Morgan fingerprint density at radius 3 is 2.36 bits per heavy atom. The van der Waals surface area contributed by atoms with Gasteiger partial charge in [-0.2, -0.15) is 9.97 Å². The quantitative estimate of drug-likeness (QED) is 0.420. The highest BCUT2D eigenvalue weighted by molar-refractivity contribution is 6.58. The second-order valence-corrected chi connectivity index (χ2v) is 13.0. The van der Waals surface area contributed by atoms with Gasteiger partial charge in [-0.15, -0.1) is 0 Å². The summed E-state index contributed by atoms with van der Waals surface area (Å²) in [7, 11) is 30.4. The molecule has 0 aliphatic carbocycles. The number of nitrogens with zero attached hydrogens (tertiary/aromatic N) is 6. The first-order valence-electron chi connectivity index (χ1n) is 15.2. The number of carbonyl (C=O) groups excluding carboxylic acids is 1. The van der Waals surface area contributed by atoms with Gasteiger partial charge in [0.1, 0.15) is 32.6 Å². The van der Waals surface area contributed by atoms with Gasteiger partial charge in [-0.1, -0.05) is 6.92 Å². The number of ether oxygens (including phenoxy) is 3. The third-order valence-corrected chi connectivity index (χ3v) is 8.62. The van der Waals surface area contributed by atoms with Crippen molar-refractivity contribution in [3.05, 3.63) is 17.7 Å². The topological polar surface area (TPSA) is 93.2 Å². The van der Waals surface area contributed by atoms with Gasteiger partial charge in [0.05, 0.1) is 47.3 Å². The number of piperazine rings is 1. The van der Waals surface area contributed by atoms with Gasteiger partial charge in [0.2, 0.25) is 0 Å². The fourth-order valence-corrected chi connectivity index (χ4v) is 6.57. The Kier molecular flexibility index (Phi) is 9.01. The standard InChI is InChI=1S/C28H36B5FN6O4/c1-5-19-20(34)21-18(14-35-19)22(37-23(36-21)43-27(29,30)26-8-6-10-39(26)11-7-9-26)38-12-13-40(24(41)44-25(2,3)4)17(15-38)16-42-28(31,32)33/h14,17H,5-13,15-16H2,1-4H3. The molecule has 16 heteroatoms. The van der Waals surface area contributed by atoms with E-state index < -0.39 is 39.8 Å². The molecule has 1 amide bonds. The van der Waals surface area contributed by atoms with E-state index in [1.54, 1.807) is 27.0 Å². The van der Waals surface area contributed by atoms with Crippen molar-refractivity contribution in [1.82, 2.24) is 24.8 Å². The summed E-state index contributed by atoms with van der Waals surface area (Å²) in [5.41, 5.74) is -1.01. The lowest BCUT2D eigenvalue weighted by Gasteiger charge is -2.47. The Balaban J connectivity index is 1.52. The number of rotatable bonds is 8. The molecule has 5 rings (SSSR count). The van der Waals surface area contributed by atoms with Crippen molar-refractivity contribution in [2.45, 2.75) is 87.7 Å². The minimum Gasteiger partial charge on any atom is -0.475 e. The fraction of sp³-hybridized carbons (Fsp3) is 0.714. The molecule has 3 fully saturated rings. The van der Waals surface area contributed by atoms with Crippen LogP contribution in [-0.4, -0.2) is 137 Å². The zero-order valence-electron chi connectivity index (χ0n) is 26.0. The first kappa shape index (κ1) is 32.9. The van der Waals surface area contributed by atoms with Gasteiger partial charge in [-0.25, -0.2) is 9.18 Å². The number of aromatic nitrogens is 3. The van der Waals surface area contributed by atoms with Gasteiger partial charge in [-0.3, -0.25) is 14.8 Å². The van der Waals surface area contributed by atoms with Crippen molar-refractivity contribution in [1.29, 1.82) is 0 Å². The summed E-state index contributed by atoms with van der Waals surface area (Å²) in [6.07, 6.45) is 4.82. The summed E-state index contributed by atoms with van der Waals surface area (Å²) in [5, 5.41) is -3.18. The van der Waals surface area contributed by atoms with Crippen molar-refractivity contribution < 1.29 is 23.4 Å². The van der Waals surface area contributed by atoms with E-state index in [9.17, 15) is 4.79 Å². The first-order valence-corrected chi connectivity index (χ1v) is 15.2. The Hall–Kier alpha value is -2.47. The van der Waals surface area contributed by atoms with Crippen LogP contribution in [0.4, 0.5) is 15.0 Å². The molecule has 1 atom stereocenters. The predicted molar refractivity (Wildman–Crippen MR) is 169 cm³/mol. The molecule has 224 valence electrons. The highest BCUT2D eigenvalue weighted by Crippen LogP contribution is 2.45. The molecule has 0 spiro atoms. The normalized spacial score (nSPS) is 21.1. The number of hydrogen-bond acceptors (Lipinski definition) is 9. The number of anilines is 1. The Morgan fingerprint density at radius 1 is 1.07 bits per heavy atom. The average Bonchev–Trinajstić information content (AvgIpc) is 3.53. The van der Waals surface area contributed by atoms with E-state index in [4.69, 9.17) is 58.4 Å². The minimum absolute atomic E-state index is 0.0344. The van der Waals surface area contributed by atoms with Crippen LogP contribution >= 0.6 is 0 Å². The lowest BCUT2D eigenvalue weighted by atomic mass is 9.52. The number of aryl methyl sites for hydroxylation is 1. The largest absolute Gasteiger partial charge is 0.475 e. The number of amides is 1. The van der Waals surface area contributed by atoms with Crippen LogP contribution in [0.25, 0.3) is 10.9 Å². The van der Waals surface area contributed by atoms with Gasteiger partial charge < -0.3 is 19.1 Å². The number of fused-ring (bicyclic) bond motifs is 2. The third kappa shape index (κ3) is 6.57. The smallest absolute Gasteiger partial charge is 0.410 e. The van der Waals surface area contributed by atoms with Gasteiger partial charge in [0.25, 0.3) is 0 Å². The summed E-state index contributed by atoms with van der Waals surface area (Å²) in [4.78, 5) is 32.3. The summed E-state index contributed by atoms with van der Waals surface area (Å²) >= 11 is 0. The molecule has 1 unspecified atom stereocenters. The van der Waals surface area contributed by atoms with Gasteiger partial charge >= 0.3 is 12.1 Å². The molecule has 10 radical (unpaired) electrons. The second kappa shape index (κ2) is 12.0. The SMILES string of the molecule is [B]C([B])([B])OCC1CN(c2nc(OC([B])([B])C34CCCN3CCC4)nc3c(F)c(CC)ncc23)CCN1C(=O)OC(C)(C)C. The predicted octanol–water partition coefficient (Wildman–Crippen LogP) is 1.28. The molecule has 3 aliphatic heterocycles. The van der Waals surface area contributed by atoms with Crippen molar-refractivity contribution in [3.8, 4) is 6.01 Å². The zero-order chi connectivity index (χ0) is 32.1. The van der Waals surface area contributed by atoms with Crippen LogP contribution in [0.2, 0.25) is 0 Å². The van der Waals surface area contributed by atoms with Crippen LogP contribution in [0.15, 0.2) is 6.20 Å². The lowest BCUT2D eigenvalue weighted by molar-refractivity contribution is -0.00288.